The molecule has 17 heavy (non-hydrogen) atoms. The van der Waals surface area contributed by atoms with E-state index in [0.29, 0.717) is 22.3 Å². The van der Waals surface area contributed by atoms with Crippen LogP contribution in [0.25, 0.3) is 0 Å². The van der Waals surface area contributed by atoms with Crippen LogP contribution < -0.4 is 11.1 Å². The van der Waals surface area contributed by atoms with Gasteiger partial charge in [0.2, 0.25) is 0 Å². The Hall–Kier alpha value is -1.38. The molecule has 0 amide bonds. The first-order valence-corrected chi connectivity index (χ1v) is 5.95. The normalized spacial score (nSPS) is 10.2. The summed E-state index contributed by atoms with van der Waals surface area (Å²) in [6.45, 7) is 0.656. The molecule has 0 aliphatic rings. The molecule has 0 spiro atoms. The Morgan fingerprint density at radius 2 is 1.76 bits per heavy atom. The third-order valence-corrected chi connectivity index (χ3v) is 3.08. The van der Waals surface area contributed by atoms with Gasteiger partial charge in [-0.25, -0.2) is 0 Å². The van der Waals surface area contributed by atoms with Crippen LogP contribution in [-0.2, 0) is 6.54 Å². The van der Waals surface area contributed by atoms with E-state index in [1.54, 1.807) is 6.07 Å². The summed E-state index contributed by atoms with van der Waals surface area (Å²) in [4.78, 5) is 0. The highest BCUT2D eigenvalue weighted by atomic mass is 35.5. The first kappa shape index (κ1) is 12.1. The monoisotopic (exact) mass is 266 g/mol. The summed E-state index contributed by atoms with van der Waals surface area (Å²) >= 11 is 12.0. The summed E-state index contributed by atoms with van der Waals surface area (Å²) in [6, 6.07) is 13.2. The van der Waals surface area contributed by atoms with E-state index in [9.17, 15) is 0 Å². The van der Waals surface area contributed by atoms with Crippen molar-refractivity contribution < 1.29 is 0 Å². The average molecular weight is 267 g/mol. The van der Waals surface area contributed by atoms with Crippen molar-refractivity contribution in [3.8, 4) is 0 Å². The van der Waals surface area contributed by atoms with Gasteiger partial charge < -0.3 is 11.1 Å². The van der Waals surface area contributed by atoms with E-state index in [-0.39, 0.29) is 0 Å². The molecule has 88 valence electrons. The van der Waals surface area contributed by atoms with Crippen LogP contribution in [0.3, 0.4) is 0 Å². The van der Waals surface area contributed by atoms with Gasteiger partial charge in [0, 0.05) is 6.54 Å². The number of anilines is 2. The lowest BCUT2D eigenvalue weighted by molar-refractivity contribution is 1.15. The minimum absolute atomic E-state index is 0.573. The number of hydrogen-bond acceptors (Lipinski definition) is 2. The second kappa shape index (κ2) is 5.30. The number of nitrogens with one attached hydrogen (secondary N) is 1. The summed E-state index contributed by atoms with van der Waals surface area (Å²) in [5.74, 6) is 0. The molecule has 2 rings (SSSR count). The molecule has 0 aliphatic heterocycles. The lowest BCUT2D eigenvalue weighted by Gasteiger charge is -2.09. The molecule has 2 aromatic rings. The molecule has 0 heterocycles. The highest BCUT2D eigenvalue weighted by molar-refractivity contribution is 6.33. The fourth-order valence-corrected chi connectivity index (χ4v) is 1.89. The number of benzene rings is 2. The van der Waals surface area contributed by atoms with E-state index < -0.39 is 0 Å². The quantitative estimate of drug-likeness (QED) is 0.818. The third kappa shape index (κ3) is 3.05. The molecule has 0 unspecified atom stereocenters. The van der Waals surface area contributed by atoms with Crippen LogP contribution in [0.1, 0.15) is 5.56 Å². The Morgan fingerprint density at radius 1 is 1.00 bits per heavy atom. The molecule has 0 atom stereocenters. The van der Waals surface area contributed by atoms with Crippen LogP contribution in [0, 0.1) is 0 Å². The van der Waals surface area contributed by atoms with Crippen LogP contribution in [0.4, 0.5) is 11.4 Å². The summed E-state index contributed by atoms with van der Waals surface area (Å²) in [6.07, 6.45) is 0. The van der Waals surface area contributed by atoms with Gasteiger partial charge in [-0.15, -0.1) is 0 Å². The molecule has 0 fully saturated rings. The molecular weight excluding hydrogens is 255 g/mol. The Balaban J connectivity index is 2.08. The summed E-state index contributed by atoms with van der Waals surface area (Å²) in [5.41, 5.74) is 8.20. The van der Waals surface area contributed by atoms with E-state index in [4.69, 9.17) is 28.9 Å². The number of para-hydroxylation sites is 1. The third-order valence-electron chi connectivity index (χ3n) is 2.42. The average Bonchev–Trinajstić information content (AvgIpc) is 2.32. The molecule has 0 aliphatic carbocycles. The number of nitrogen functional groups attached to an aromatic ring is 1. The molecule has 0 saturated carbocycles. The van der Waals surface area contributed by atoms with Crippen LogP contribution in [-0.4, -0.2) is 0 Å². The van der Waals surface area contributed by atoms with Gasteiger partial charge in [0.05, 0.1) is 21.4 Å². The maximum atomic E-state index is 6.04. The first-order chi connectivity index (χ1) is 8.16. The zero-order valence-corrected chi connectivity index (χ0v) is 10.6. The first-order valence-electron chi connectivity index (χ1n) is 5.19. The highest BCUT2D eigenvalue weighted by Gasteiger charge is 2.00. The van der Waals surface area contributed by atoms with Crippen molar-refractivity contribution in [2.45, 2.75) is 6.54 Å². The topological polar surface area (TPSA) is 38.0 Å². The van der Waals surface area contributed by atoms with Gasteiger partial charge in [0.15, 0.2) is 0 Å². The van der Waals surface area contributed by atoms with Crippen molar-refractivity contribution in [3.63, 3.8) is 0 Å². The van der Waals surface area contributed by atoms with Gasteiger partial charge in [0.25, 0.3) is 0 Å². The van der Waals surface area contributed by atoms with Crippen molar-refractivity contribution >= 4 is 34.6 Å². The van der Waals surface area contributed by atoms with Crippen molar-refractivity contribution in [2.24, 2.45) is 0 Å². The van der Waals surface area contributed by atoms with Crippen LogP contribution in [0.15, 0.2) is 42.5 Å². The number of hydrogen-bond donors (Lipinski definition) is 2. The summed E-state index contributed by atoms with van der Waals surface area (Å²) < 4.78 is 0. The van der Waals surface area contributed by atoms with Gasteiger partial charge in [0.1, 0.15) is 0 Å². The lowest BCUT2D eigenvalue weighted by Crippen LogP contribution is -2.00. The maximum absolute atomic E-state index is 6.04. The minimum atomic E-state index is 0.573. The second-order valence-corrected chi connectivity index (χ2v) is 4.50. The Morgan fingerprint density at radius 3 is 2.47 bits per heavy atom. The van der Waals surface area contributed by atoms with E-state index in [2.05, 4.69) is 5.32 Å². The van der Waals surface area contributed by atoms with Crippen molar-refractivity contribution in [3.05, 3.63) is 58.1 Å². The van der Waals surface area contributed by atoms with Gasteiger partial charge in [-0.2, -0.15) is 0 Å². The lowest BCUT2D eigenvalue weighted by atomic mass is 10.2. The van der Waals surface area contributed by atoms with Gasteiger partial charge in [-0.05, 0) is 29.8 Å². The van der Waals surface area contributed by atoms with Gasteiger partial charge in [-0.1, -0.05) is 41.4 Å². The summed E-state index contributed by atoms with van der Waals surface area (Å²) in [5, 5.41) is 4.52. The molecule has 3 N–H and O–H groups in total. The van der Waals surface area contributed by atoms with Crippen molar-refractivity contribution in [2.75, 3.05) is 11.1 Å². The molecule has 4 heteroatoms. The number of rotatable bonds is 3. The van der Waals surface area contributed by atoms with Gasteiger partial charge >= 0.3 is 0 Å². The minimum Gasteiger partial charge on any atom is -0.398 e. The van der Waals surface area contributed by atoms with Gasteiger partial charge in [-0.3, -0.25) is 0 Å². The summed E-state index contributed by atoms with van der Waals surface area (Å²) in [7, 11) is 0. The molecule has 2 nitrogen and oxygen atoms in total. The van der Waals surface area contributed by atoms with E-state index in [1.807, 2.05) is 36.4 Å². The largest absolute Gasteiger partial charge is 0.398 e. The predicted molar refractivity (Wildman–Crippen MR) is 74.6 cm³/mol. The molecular formula is C13H12Cl2N2. The smallest absolute Gasteiger partial charge is 0.0638 e. The van der Waals surface area contributed by atoms with Crippen LogP contribution >= 0.6 is 23.2 Å². The molecule has 2 aromatic carbocycles. The SMILES string of the molecule is Nc1ccc(CNc2ccccc2Cl)cc1Cl. The van der Waals surface area contributed by atoms with E-state index in [0.717, 1.165) is 11.3 Å². The predicted octanol–water partition coefficient (Wildman–Crippen LogP) is 4.19. The molecule has 0 bridgehead atoms. The Kier molecular flexibility index (Phi) is 3.77. The standard InChI is InChI=1S/C13H12Cl2N2/c14-10-3-1-2-4-13(10)17-8-9-5-6-12(16)11(15)7-9/h1-7,17H,8,16H2. The fourth-order valence-electron chi connectivity index (χ4n) is 1.48. The zero-order chi connectivity index (χ0) is 12.3. The van der Waals surface area contributed by atoms with Crippen molar-refractivity contribution in [1.82, 2.24) is 0 Å². The number of halogens is 2. The molecule has 0 radical (unpaired) electrons. The van der Waals surface area contributed by atoms with E-state index >= 15 is 0 Å². The maximum Gasteiger partial charge on any atom is 0.0638 e. The van der Waals surface area contributed by atoms with Crippen LogP contribution in [0.2, 0.25) is 10.0 Å². The molecule has 0 aromatic heterocycles. The zero-order valence-electron chi connectivity index (χ0n) is 9.08. The van der Waals surface area contributed by atoms with Crippen molar-refractivity contribution in [1.29, 1.82) is 0 Å². The van der Waals surface area contributed by atoms with Crippen LogP contribution in [0.5, 0.6) is 0 Å². The van der Waals surface area contributed by atoms with E-state index in [1.165, 1.54) is 0 Å². The Labute approximate surface area is 110 Å². The fraction of sp³-hybridized carbons (Fsp3) is 0.0769. The Bertz CT molecular complexity index is 527. The number of nitrogens with two attached hydrogens (primary N) is 1. The second-order valence-electron chi connectivity index (χ2n) is 3.69. The highest BCUT2D eigenvalue weighted by Crippen LogP contribution is 2.23. The molecule has 0 saturated heterocycles.